The molecule has 1 amide bonds. The number of hydrogen-bond acceptors (Lipinski definition) is 4. The van der Waals surface area contributed by atoms with Crippen molar-refractivity contribution in [2.24, 2.45) is 5.92 Å². The number of rotatable bonds is 5. The normalized spacial score (nSPS) is 20.7. The third-order valence-electron chi connectivity index (χ3n) is 4.66. The number of allylic oxidation sites excluding steroid dienone is 1. The maximum atomic E-state index is 13.2. The van der Waals surface area contributed by atoms with Crippen LogP contribution in [0.1, 0.15) is 18.1 Å². The zero-order valence-electron chi connectivity index (χ0n) is 15.4. The summed E-state index contributed by atoms with van der Waals surface area (Å²) >= 11 is 0. The van der Waals surface area contributed by atoms with Gasteiger partial charge in [0.25, 0.3) is 10.0 Å². The molecule has 1 aliphatic rings. The molecule has 2 aromatic rings. The summed E-state index contributed by atoms with van der Waals surface area (Å²) in [7, 11) is -4.02. The Morgan fingerprint density at radius 1 is 1.11 bits per heavy atom. The number of amides is 1. The standard InChI is InChI=1S/C21H23NO4S/c1-3-7-20-18(14-17-8-5-4-6-9-17)15-26-21(23)22(20)27(24,25)19-12-10-16(2)11-13-19/h3-13,18,20H,14-15H2,1-2H3/b7-3+/t18-,20+/m0/s1. The number of carbonyl (C=O) groups excluding carboxylic acids is 1. The maximum Gasteiger partial charge on any atom is 0.424 e. The number of benzene rings is 2. The Balaban J connectivity index is 1.98. The van der Waals surface area contributed by atoms with Crippen molar-refractivity contribution < 1.29 is 17.9 Å². The fraction of sp³-hybridized carbons (Fsp3) is 0.286. The Morgan fingerprint density at radius 3 is 2.41 bits per heavy atom. The number of hydrogen-bond donors (Lipinski definition) is 0. The summed E-state index contributed by atoms with van der Waals surface area (Å²) in [6.07, 6.45) is 3.32. The van der Waals surface area contributed by atoms with Crippen LogP contribution in [0.2, 0.25) is 0 Å². The average molecular weight is 385 g/mol. The van der Waals surface area contributed by atoms with Crippen molar-refractivity contribution in [2.45, 2.75) is 31.2 Å². The topological polar surface area (TPSA) is 63.7 Å². The predicted octanol–water partition coefficient (Wildman–Crippen LogP) is 3.94. The van der Waals surface area contributed by atoms with Crippen LogP contribution >= 0.6 is 0 Å². The van der Waals surface area contributed by atoms with Gasteiger partial charge in [-0.05, 0) is 38.0 Å². The highest BCUT2D eigenvalue weighted by Gasteiger charge is 2.43. The van der Waals surface area contributed by atoms with E-state index in [0.29, 0.717) is 6.42 Å². The van der Waals surface area contributed by atoms with Crippen molar-refractivity contribution in [1.82, 2.24) is 4.31 Å². The van der Waals surface area contributed by atoms with Crippen molar-refractivity contribution in [3.8, 4) is 0 Å². The van der Waals surface area contributed by atoms with Gasteiger partial charge >= 0.3 is 6.09 Å². The van der Waals surface area contributed by atoms with E-state index in [1.165, 1.54) is 12.1 Å². The fourth-order valence-electron chi connectivity index (χ4n) is 3.26. The maximum absolute atomic E-state index is 13.2. The summed E-state index contributed by atoms with van der Waals surface area (Å²) in [5.74, 6) is -0.165. The van der Waals surface area contributed by atoms with E-state index in [9.17, 15) is 13.2 Å². The molecule has 0 aromatic heterocycles. The molecule has 1 aliphatic heterocycles. The van der Waals surface area contributed by atoms with Gasteiger partial charge in [0.2, 0.25) is 0 Å². The molecule has 5 nitrogen and oxygen atoms in total. The number of cyclic esters (lactones) is 1. The zero-order valence-corrected chi connectivity index (χ0v) is 16.2. The largest absolute Gasteiger partial charge is 0.448 e. The van der Waals surface area contributed by atoms with Crippen molar-refractivity contribution >= 4 is 16.1 Å². The predicted molar refractivity (Wildman–Crippen MR) is 104 cm³/mol. The molecule has 1 heterocycles. The van der Waals surface area contributed by atoms with Gasteiger partial charge in [-0.1, -0.05) is 60.2 Å². The lowest BCUT2D eigenvalue weighted by Gasteiger charge is -2.38. The molecule has 0 saturated carbocycles. The quantitative estimate of drug-likeness (QED) is 0.732. The van der Waals surface area contributed by atoms with Crippen molar-refractivity contribution in [2.75, 3.05) is 6.61 Å². The molecule has 1 saturated heterocycles. The minimum Gasteiger partial charge on any atom is -0.448 e. The summed E-state index contributed by atoms with van der Waals surface area (Å²) < 4.78 is 32.5. The summed E-state index contributed by atoms with van der Waals surface area (Å²) in [6.45, 7) is 3.88. The highest BCUT2D eigenvalue weighted by atomic mass is 32.2. The van der Waals surface area contributed by atoms with E-state index in [2.05, 4.69) is 0 Å². The number of sulfonamides is 1. The molecule has 27 heavy (non-hydrogen) atoms. The lowest BCUT2D eigenvalue weighted by atomic mass is 9.91. The van der Waals surface area contributed by atoms with Gasteiger partial charge in [-0.15, -0.1) is 0 Å². The number of ether oxygens (including phenoxy) is 1. The number of carbonyl (C=O) groups is 1. The van der Waals surface area contributed by atoms with Crippen LogP contribution in [-0.4, -0.2) is 31.5 Å². The van der Waals surface area contributed by atoms with E-state index >= 15 is 0 Å². The summed E-state index contributed by atoms with van der Waals surface area (Å²) in [4.78, 5) is 12.5. The van der Waals surface area contributed by atoms with Gasteiger partial charge in [0.15, 0.2) is 0 Å². The third kappa shape index (κ3) is 4.06. The first kappa shape index (κ1) is 19.2. The molecule has 0 bridgehead atoms. The van der Waals surface area contributed by atoms with Crippen LogP contribution in [0, 0.1) is 12.8 Å². The minimum absolute atomic E-state index is 0.0833. The van der Waals surface area contributed by atoms with Crippen molar-refractivity contribution in [3.05, 3.63) is 77.9 Å². The van der Waals surface area contributed by atoms with Crippen LogP contribution in [0.4, 0.5) is 4.79 Å². The molecule has 2 aromatic carbocycles. The fourth-order valence-corrected chi connectivity index (χ4v) is 4.78. The molecular formula is C21H23NO4S. The molecule has 2 atom stereocenters. The molecule has 0 N–H and O–H groups in total. The van der Waals surface area contributed by atoms with Gasteiger partial charge in [0, 0.05) is 5.92 Å². The number of nitrogens with zero attached hydrogens (tertiary/aromatic N) is 1. The SMILES string of the molecule is C/C=C/[C@@H]1[C@@H](Cc2ccccc2)COC(=O)N1S(=O)(=O)c1ccc(C)cc1. The third-order valence-corrected chi connectivity index (χ3v) is 6.44. The smallest absolute Gasteiger partial charge is 0.424 e. The Kier molecular flexibility index (Phi) is 5.65. The minimum atomic E-state index is -4.02. The van der Waals surface area contributed by atoms with Gasteiger partial charge in [-0.3, -0.25) is 0 Å². The van der Waals surface area contributed by atoms with E-state index in [1.54, 1.807) is 24.3 Å². The molecule has 3 rings (SSSR count). The van der Waals surface area contributed by atoms with Crippen molar-refractivity contribution in [3.63, 3.8) is 0 Å². The molecular weight excluding hydrogens is 362 g/mol. The van der Waals surface area contributed by atoms with Crippen LogP contribution in [0.5, 0.6) is 0 Å². The summed E-state index contributed by atoms with van der Waals surface area (Å²) in [5.41, 5.74) is 2.02. The van der Waals surface area contributed by atoms with Crippen LogP contribution < -0.4 is 0 Å². The average Bonchev–Trinajstić information content (AvgIpc) is 2.65. The van der Waals surface area contributed by atoms with Crippen LogP contribution in [0.3, 0.4) is 0 Å². The monoisotopic (exact) mass is 385 g/mol. The second-order valence-electron chi connectivity index (χ2n) is 6.66. The Hall–Kier alpha value is -2.60. The van der Waals surface area contributed by atoms with E-state index in [4.69, 9.17) is 4.74 Å². The Labute approximate surface area is 160 Å². The van der Waals surface area contributed by atoms with Gasteiger partial charge in [-0.25, -0.2) is 13.2 Å². The van der Waals surface area contributed by atoms with Crippen LogP contribution in [0.15, 0.2) is 71.6 Å². The van der Waals surface area contributed by atoms with E-state index in [1.807, 2.05) is 44.2 Å². The second-order valence-corrected chi connectivity index (χ2v) is 8.47. The van der Waals surface area contributed by atoms with Gasteiger partial charge in [0.05, 0.1) is 17.5 Å². The Bertz CT molecular complexity index is 920. The first-order valence-corrected chi connectivity index (χ1v) is 10.3. The van der Waals surface area contributed by atoms with E-state index in [-0.39, 0.29) is 17.4 Å². The highest BCUT2D eigenvalue weighted by molar-refractivity contribution is 7.89. The number of aryl methyl sites for hydroxylation is 1. The molecule has 0 unspecified atom stereocenters. The van der Waals surface area contributed by atoms with Gasteiger partial charge < -0.3 is 4.74 Å². The second kappa shape index (κ2) is 7.96. The molecule has 1 fully saturated rings. The highest BCUT2D eigenvalue weighted by Crippen LogP contribution is 2.30. The lowest BCUT2D eigenvalue weighted by molar-refractivity contribution is 0.0544. The van der Waals surface area contributed by atoms with Crippen molar-refractivity contribution in [1.29, 1.82) is 0 Å². The van der Waals surface area contributed by atoms with Gasteiger partial charge in [-0.2, -0.15) is 4.31 Å². The molecule has 0 aliphatic carbocycles. The van der Waals surface area contributed by atoms with Crippen LogP contribution in [-0.2, 0) is 21.2 Å². The molecule has 142 valence electrons. The lowest BCUT2D eigenvalue weighted by Crippen LogP contribution is -2.53. The van der Waals surface area contributed by atoms with E-state index in [0.717, 1.165) is 15.4 Å². The molecule has 0 spiro atoms. The first-order valence-electron chi connectivity index (χ1n) is 8.88. The summed E-state index contributed by atoms with van der Waals surface area (Å²) in [6, 6.07) is 15.7. The summed E-state index contributed by atoms with van der Waals surface area (Å²) in [5, 5.41) is 0. The molecule has 0 radical (unpaired) electrons. The first-order chi connectivity index (χ1) is 12.9. The Morgan fingerprint density at radius 2 is 1.78 bits per heavy atom. The van der Waals surface area contributed by atoms with Crippen LogP contribution in [0.25, 0.3) is 0 Å². The van der Waals surface area contributed by atoms with Gasteiger partial charge in [0.1, 0.15) is 0 Å². The van der Waals surface area contributed by atoms with E-state index < -0.39 is 22.2 Å². The zero-order chi connectivity index (χ0) is 19.4. The molecule has 6 heteroatoms.